The van der Waals surface area contributed by atoms with E-state index in [9.17, 15) is 9.90 Å². The first-order valence-corrected chi connectivity index (χ1v) is 8.09. The largest absolute Gasteiger partial charge is 0.394 e. The van der Waals surface area contributed by atoms with Crippen LogP contribution in [0.1, 0.15) is 22.6 Å². The number of aliphatic hydroxyl groups is 2. The summed E-state index contributed by atoms with van der Waals surface area (Å²) in [4.78, 5) is 16.7. The van der Waals surface area contributed by atoms with E-state index in [-0.39, 0.29) is 31.2 Å². The first-order chi connectivity index (χ1) is 12.1. The van der Waals surface area contributed by atoms with Crippen LogP contribution in [0, 0.1) is 6.92 Å². The third-order valence-electron chi connectivity index (χ3n) is 3.92. The van der Waals surface area contributed by atoms with Crippen LogP contribution in [-0.4, -0.2) is 50.1 Å². The van der Waals surface area contributed by atoms with Crippen molar-refractivity contribution in [1.29, 1.82) is 0 Å². The van der Waals surface area contributed by atoms with E-state index in [1.54, 1.807) is 10.7 Å². The first-order valence-electron chi connectivity index (χ1n) is 8.09. The van der Waals surface area contributed by atoms with Gasteiger partial charge in [0, 0.05) is 11.9 Å². The van der Waals surface area contributed by atoms with Crippen molar-refractivity contribution in [2.75, 3.05) is 13.2 Å². The molecule has 7 heteroatoms. The summed E-state index contributed by atoms with van der Waals surface area (Å²) in [5, 5.41) is 26.2. The predicted molar refractivity (Wildman–Crippen MR) is 93.6 cm³/mol. The molecule has 130 valence electrons. The second kappa shape index (κ2) is 7.42. The molecule has 0 radical (unpaired) electrons. The van der Waals surface area contributed by atoms with Crippen molar-refractivity contribution in [3.8, 4) is 5.69 Å². The molecule has 1 aromatic carbocycles. The lowest BCUT2D eigenvalue weighted by Gasteiger charge is -2.08. The van der Waals surface area contributed by atoms with Crippen LogP contribution in [-0.2, 0) is 0 Å². The van der Waals surface area contributed by atoms with E-state index in [4.69, 9.17) is 5.11 Å². The third-order valence-corrected chi connectivity index (χ3v) is 3.92. The molecule has 0 aliphatic heterocycles. The summed E-state index contributed by atoms with van der Waals surface area (Å²) in [6.07, 6.45) is -0.552. The number of rotatable bonds is 6. The standard InChI is InChI=1S/C18H20N4O3/c1-12-15-7-8-16(18(25)19-10-9-14(24)11-23)20-17(15)22(21-12)13-5-3-2-4-6-13/h2-8,14,23-24H,9-11H2,1H3,(H,19,25)/t14-/m1/s1. The highest BCUT2D eigenvalue weighted by atomic mass is 16.3. The van der Waals surface area contributed by atoms with Gasteiger partial charge in [0.2, 0.25) is 0 Å². The van der Waals surface area contributed by atoms with Gasteiger partial charge in [-0.2, -0.15) is 5.10 Å². The predicted octanol–water partition coefficient (Wildman–Crippen LogP) is 1.20. The number of hydrogen-bond donors (Lipinski definition) is 3. The molecule has 3 rings (SSSR count). The lowest BCUT2D eigenvalue weighted by atomic mass is 10.2. The van der Waals surface area contributed by atoms with E-state index in [1.807, 2.05) is 43.3 Å². The summed E-state index contributed by atoms with van der Waals surface area (Å²) in [7, 11) is 0. The highest BCUT2D eigenvalue weighted by Gasteiger charge is 2.14. The van der Waals surface area contributed by atoms with Gasteiger partial charge in [-0.05, 0) is 37.6 Å². The number of hydrogen-bond acceptors (Lipinski definition) is 5. The average Bonchev–Trinajstić information content (AvgIpc) is 2.98. The van der Waals surface area contributed by atoms with Crippen LogP contribution in [0.4, 0.5) is 0 Å². The molecule has 1 amide bonds. The number of amides is 1. The van der Waals surface area contributed by atoms with E-state index in [1.165, 1.54) is 0 Å². The molecule has 1 atom stereocenters. The smallest absolute Gasteiger partial charge is 0.269 e. The lowest BCUT2D eigenvalue weighted by Crippen LogP contribution is -2.28. The van der Waals surface area contributed by atoms with Crippen molar-refractivity contribution >= 4 is 16.9 Å². The van der Waals surface area contributed by atoms with Crippen molar-refractivity contribution in [3.05, 3.63) is 53.9 Å². The Hall–Kier alpha value is -2.77. The van der Waals surface area contributed by atoms with Crippen molar-refractivity contribution in [2.24, 2.45) is 0 Å². The van der Waals surface area contributed by atoms with Crippen LogP contribution in [0.2, 0.25) is 0 Å². The van der Waals surface area contributed by atoms with Crippen molar-refractivity contribution in [3.63, 3.8) is 0 Å². The summed E-state index contributed by atoms with van der Waals surface area (Å²) in [5.41, 5.74) is 2.61. The van der Waals surface area contributed by atoms with Crippen LogP contribution in [0.25, 0.3) is 16.7 Å². The van der Waals surface area contributed by atoms with Gasteiger partial charge in [-0.25, -0.2) is 9.67 Å². The number of aryl methyl sites for hydroxylation is 1. The van der Waals surface area contributed by atoms with Gasteiger partial charge >= 0.3 is 0 Å². The van der Waals surface area contributed by atoms with Crippen LogP contribution >= 0.6 is 0 Å². The van der Waals surface area contributed by atoms with Gasteiger partial charge in [0.1, 0.15) is 5.69 Å². The maximum atomic E-state index is 12.3. The van der Waals surface area contributed by atoms with Crippen molar-refractivity contribution in [1.82, 2.24) is 20.1 Å². The maximum absolute atomic E-state index is 12.3. The molecular weight excluding hydrogens is 320 g/mol. The zero-order valence-corrected chi connectivity index (χ0v) is 13.9. The fourth-order valence-corrected chi connectivity index (χ4v) is 2.55. The fraction of sp³-hybridized carbons (Fsp3) is 0.278. The molecule has 2 heterocycles. The minimum absolute atomic E-state index is 0.261. The van der Waals surface area contributed by atoms with Gasteiger partial charge < -0.3 is 15.5 Å². The number of fused-ring (bicyclic) bond motifs is 1. The Morgan fingerprint density at radius 3 is 2.72 bits per heavy atom. The summed E-state index contributed by atoms with van der Waals surface area (Å²) >= 11 is 0. The molecular formula is C18H20N4O3. The normalized spacial score (nSPS) is 12.3. The Kier molecular flexibility index (Phi) is 5.06. The number of aromatic nitrogens is 3. The fourth-order valence-electron chi connectivity index (χ4n) is 2.55. The Labute approximate surface area is 144 Å². The van der Waals surface area contributed by atoms with E-state index in [0.29, 0.717) is 5.65 Å². The number of aliphatic hydroxyl groups excluding tert-OH is 2. The molecule has 0 saturated carbocycles. The average molecular weight is 340 g/mol. The van der Waals surface area contributed by atoms with E-state index in [2.05, 4.69) is 15.4 Å². The molecule has 7 nitrogen and oxygen atoms in total. The number of para-hydroxylation sites is 1. The zero-order chi connectivity index (χ0) is 17.8. The lowest BCUT2D eigenvalue weighted by molar-refractivity contribution is 0.0832. The molecule has 3 N–H and O–H groups in total. The summed E-state index contributed by atoms with van der Waals surface area (Å²) < 4.78 is 1.72. The minimum Gasteiger partial charge on any atom is -0.394 e. The van der Waals surface area contributed by atoms with Gasteiger partial charge in [0.05, 0.1) is 24.1 Å². The molecule has 2 aromatic heterocycles. The van der Waals surface area contributed by atoms with Crippen molar-refractivity contribution < 1.29 is 15.0 Å². The topological polar surface area (TPSA) is 100 Å². The van der Waals surface area contributed by atoms with E-state index < -0.39 is 6.10 Å². The molecule has 0 spiro atoms. The highest BCUT2D eigenvalue weighted by Crippen LogP contribution is 2.20. The summed E-state index contributed by atoms with van der Waals surface area (Å²) in [6.45, 7) is 1.84. The first kappa shape index (κ1) is 17.1. The molecule has 0 saturated heterocycles. The number of carbonyl (C=O) groups excluding carboxylic acids is 1. The number of nitrogens with one attached hydrogen (secondary N) is 1. The van der Waals surface area contributed by atoms with Crippen LogP contribution in [0.5, 0.6) is 0 Å². The van der Waals surface area contributed by atoms with Gasteiger partial charge in [0.25, 0.3) is 5.91 Å². The Bertz CT molecular complexity index is 877. The molecule has 3 aromatic rings. The van der Waals surface area contributed by atoms with Crippen LogP contribution in [0.3, 0.4) is 0 Å². The number of nitrogens with zero attached hydrogens (tertiary/aromatic N) is 3. The highest BCUT2D eigenvalue weighted by molar-refractivity contribution is 5.94. The van der Waals surface area contributed by atoms with Gasteiger partial charge in [-0.15, -0.1) is 0 Å². The second-order valence-corrected chi connectivity index (χ2v) is 5.78. The zero-order valence-electron chi connectivity index (χ0n) is 13.9. The monoisotopic (exact) mass is 340 g/mol. The Morgan fingerprint density at radius 2 is 2.00 bits per heavy atom. The summed E-state index contributed by atoms with van der Waals surface area (Å²) in [6, 6.07) is 13.1. The maximum Gasteiger partial charge on any atom is 0.269 e. The minimum atomic E-state index is -0.835. The molecule has 0 unspecified atom stereocenters. The molecule has 0 aliphatic rings. The molecule has 25 heavy (non-hydrogen) atoms. The number of benzene rings is 1. The van der Waals surface area contributed by atoms with Gasteiger partial charge in [-0.1, -0.05) is 18.2 Å². The number of pyridine rings is 1. The van der Waals surface area contributed by atoms with Crippen LogP contribution in [0.15, 0.2) is 42.5 Å². The Balaban J connectivity index is 1.87. The molecule has 0 bridgehead atoms. The Morgan fingerprint density at radius 1 is 1.24 bits per heavy atom. The quantitative estimate of drug-likeness (QED) is 0.626. The molecule has 0 aliphatic carbocycles. The SMILES string of the molecule is Cc1nn(-c2ccccc2)c2nc(C(=O)NCC[C@@H](O)CO)ccc12. The van der Waals surface area contributed by atoms with E-state index >= 15 is 0 Å². The van der Waals surface area contributed by atoms with Gasteiger partial charge in [0.15, 0.2) is 5.65 Å². The third kappa shape index (κ3) is 3.67. The van der Waals surface area contributed by atoms with Gasteiger partial charge in [-0.3, -0.25) is 4.79 Å². The number of carbonyl (C=O) groups is 1. The van der Waals surface area contributed by atoms with Crippen molar-refractivity contribution in [2.45, 2.75) is 19.4 Å². The van der Waals surface area contributed by atoms with E-state index in [0.717, 1.165) is 16.8 Å². The van der Waals surface area contributed by atoms with Crippen LogP contribution < -0.4 is 5.32 Å². The molecule has 0 fully saturated rings. The summed E-state index contributed by atoms with van der Waals surface area (Å²) in [5.74, 6) is -0.328. The second-order valence-electron chi connectivity index (χ2n) is 5.78.